The Morgan fingerprint density at radius 1 is 1.23 bits per heavy atom. The second kappa shape index (κ2) is 8.31. The van der Waals surface area contributed by atoms with Crippen LogP contribution in [0.4, 0.5) is 0 Å². The number of aromatic nitrogens is 5. The first-order valence-corrected chi connectivity index (χ1v) is 11.0. The molecule has 158 valence electrons. The van der Waals surface area contributed by atoms with Crippen LogP contribution in [0.1, 0.15) is 24.4 Å². The van der Waals surface area contributed by atoms with Crippen molar-refractivity contribution in [2.45, 2.75) is 31.8 Å². The van der Waals surface area contributed by atoms with Gasteiger partial charge in [0.1, 0.15) is 11.9 Å². The number of carbonyl (C=O) groups excluding carboxylic acids is 2. The van der Waals surface area contributed by atoms with E-state index in [9.17, 15) is 9.59 Å². The number of benzene rings is 1. The van der Waals surface area contributed by atoms with Gasteiger partial charge in [0.05, 0.1) is 18.7 Å². The van der Waals surface area contributed by atoms with Gasteiger partial charge in [-0.15, -0.1) is 11.3 Å². The molecule has 1 unspecified atom stereocenters. The molecule has 4 aromatic rings. The Bertz CT molecular complexity index is 1180. The number of thiazole rings is 1. The zero-order valence-electron chi connectivity index (χ0n) is 16.7. The van der Waals surface area contributed by atoms with Gasteiger partial charge in [-0.25, -0.2) is 9.97 Å². The van der Waals surface area contributed by atoms with Gasteiger partial charge in [0.15, 0.2) is 10.8 Å². The van der Waals surface area contributed by atoms with E-state index in [2.05, 4.69) is 25.5 Å². The summed E-state index contributed by atoms with van der Waals surface area (Å²) in [4.78, 5) is 37.0. The Kier molecular flexibility index (Phi) is 5.21. The molecular weight excluding hydrogens is 414 g/mol. The van der Waals surface area contributed by atoms with Crippen LogP contribution in [0.15, 0.2) is 48.1 Å². The number of carbonyl (C=O) groups is 2. The Balaban J connectivity index is 1.19. The molecule has 1 aliphatic heterocycles. The van der Waals surface area contributed by atoms with E-state index in [0.29, 0.717) is 24.6 Å². The van der Waals surface area contributed by atoms with E-state index in [4.69, 9.17) is 0 Å². The molecule has 2 N–H and O–H groups in total. The number of aromatic amines is 1. The molecule has 1 atom stereocenters. The summed E-state index contributed by atoms with van der Waals surface area (Å²) in [5.74, 6) is 0.910. The lowest BCUT2D eigenvalue weighted by molar-refractivity contribution is -0.138. The number of nitrogens with zero attached hydrogens (tertiary/aromatic N) is 5. The van der Waals surface area contributed by atoms with Crippen molar-refractivity contribution in [3.05, 3.63) is 59.6 Å². The minimum atomic E-state index is -0.465. The van der Waals surface area contributed by atoms with E-state index < -0.39 is 6.04 Å². The highest BCUT2D eigenvalue weighted by Crippen LogP contribution is 2.20. The van der Waals surface area contributed by atoms with Crippen LogP contribution in [0.3, 0.4) is 0 Å². The summed E-state index contributed by atoms with van der Waals surface area (Å²) in [6, 6.07) is 9.17. The van der Waals surface area contributed by atoms with Gasteiger partial charge >= 0.3 is 0 Å². The lowest BCUT2D eigenvalue weighted by Gasteiger charge is -2.23. The van der Waals surface area contributed by atoms with Crippen molar-refractivity contribution in [3.8, 4) is 11.4 Å². The molecule has 1 aromatic carbocycles. The van der Waals surface area contributed by atoms with Crippen molar-refractivity contribution in [2.24, 2.45) is 0 Å². The van der Waals surface area contributed by atoms with E-state index >= 15 is 0 Å². The lowest BCUT2D eigenvalue weighted by Crippen LogP contribution is -2.46. The molecule has 0 bridgehead atoms. The van der Waals surface area contributed by atoms with Crippen molar-refractivity contribution in [1.82, 2.24) is 34.8 Å². The quantitative estimate of drug-likeness (QED) is 0.482. The number of imidazole rings is 1. The maximum Gasteiger partial charge on any atom is 0.243 e. The predicted molar refractivity (Wildman–Crippen MR) is 115 cm³/mol. The first kappa shape index (κ1) is 19.4. The molecule has 31 heavy (non-hydrogen) atoms. The second-order valence-corrected chi connectivity index (χ2v) is 8.31. The summed E-state index contributed by atoms with van der Waals surface area (Å²) in [5.41, 5.74) is 1.63. The van der Waals surface area contributed by atoms with E-state index in [1.165, 1.54) is 11.3 Å². The zero-order chi connectivity index (χ0) is 21.2. The van der Waals surface area contributed by atoms with Crippen molar-refractivity contribution in [1.29, 1.82) is 0 Å². The van der Waals surface area contributed by atoms with E-state index in [1.807, 2.05) is 52.5 Å². The second-order valence-electron chi connectivity index (χ2n) is 7.44. The van der Waals surface area contributed by atoms with Gasteiger partial charge in [-0.2, -0.15) is 5.10 Å². The Labute approximate surface area is 182 Å². The number of amides is 2. The molecule has 0 spiro atoms. The molecule has 3 aromatic heterocycles. The summed E-state index contributed by atoms with van der Waals surface area (Å²) < 4.78 is 1.91. The minimum Gasteiger partial charge on any atom is -0.347 e. The monoisotopic (exact) mass is 435 g/mol. The van der Waals surface area contributed by atoms with Gasteiger partial charge in [-0.05, 0) is 12.8 Å². The van der Waals surface area contributed by atoms with Crippen molar-refractivity contribution < 1.29 is 9.59 Å². The molecule has 1 saturated heterocycles. The fraction of sp³-hybridized carbons (Fsp3) is 0.286. The summed E-state index contributed by atoms with van der Waals surface area (Å²) in [5, 5.41) is 11.9. The Morgan fingerprint density at radius 3 is 2.94 bits per heavy atom. The number of rotatable bonds is 6. The molecule has 4 heterocycles. The third-order valence-corrected chi connectivity index (χ3v) is 6.12. The first-order chi connectivity index (χ1) is 15.2. The molecular formula is C21H21N7O2S. The van der Waals surface area contributed by atoms with Gasteiger partial charge in [-0.3, -0.25) is 19.1 Å². The van der Waals surface area contributed by atoms with Crippen LogP contribution in [0.25, 0.3) is 16.3 Å². The number of fused-ring (bicyclic) bond motifs is 1. The van der Waals surface area contributed by atoms with E-state index in [0.717, 1.165) is 22.6 Å². The first-order valence-electron chi connectivity index (χ1n) is 10.1. The molecule has 9 nitrogen and oxygen atoms in total. The average Bonchev–Trinajstić information content (AvgIpc) is 3.56. The molecule has 1 aliphatic rings. The highest BCUT2D eigenvalue weighted by molar-refractivity contribution is 7.15. The Morgan fingerprint density at radius 2 is 2.10 bits per heavy atom. The number of nitrogens with one attached hydrogen (secondary N) is 2. The average molecular weight is 436 g/mol. The molecule has 1 fully saturated rings. The normalized spacial score (nSPS) is 16.1. The number of hydrogen-bond donors (Lipinski definition) is 2. The largest absolute Gasteiger partial charge is 0.347 e. The maximum absolute atomic E-state index is 12.8. The Hall–Kier alpha value is -3.53. The van der Waals surface area contributed by atoms with Crippen LogP contribution < -0.4 is 5.32 Å². The molecule has 0 saturated carbocycles. The van der Waals surface area contributed by atoms with Crippen LogP contribution in [0.2, 0.25) is 0 Å². The van der Waals surface area contributed by atoms with Crippen LogP contribution in [0, 0.1) is 0 Å². The van der Waals surface area contributed by atoms with Crippen molar-refractivity contribution in [2.75, 3.05) is 6.54 Å². The zero-order valence-corrected chi connectivity index (χ0v) is 17.5. The van der Waals surface area contributed by atoms with Crippen LogP contribution in [-0.4, -0.2) is 53.9 Å². The minimum absolute atomic E-state index is 0.0746. The highest BCUT2D eigenvalue weighted by Gasteiger charge is 2.34. The van der Waals surface area contributed by atoms with Gasteiger partial charge in [0, 0.05) is 29.9 Å². The highest BCUT2D eigenvalue weighted by atomic mass is 32.1. The molecule has 0 radical (unpaired) electrons. The fourth-order valence-electron chi connectivity index (χ4n) is 3.83. The van der Waals surface area contributed by atoms with Crippen molar-refractivity contribution in [3.63, 3.8) is 0 Å². The molecule has 10 heteroatoms. The predicted octanol–water partition coefficient (Wildman–Crippen LogP) is 2.03. The van der Waals surface area contributed by atoms with E-state index in [1.54, 1.807) is 4.90 Å². The number of H-pyrrole nitrogens is 1. The van der Waals surface area contributed by atoms with Gasteiger partial charge in [0.2, 0.25) is 11.8 Å². The van der Waals surface area contributed by atoms with Gasteiger partial charge < -0.3 is 10.2 Å². The topological polar surface area (TPSA) is 108 Å². The summed E-state index contributed by atoms with van der Waals surface area (Å²) in [6.45, 7) is 0.814. The van der Waals surface area contributed by atoms with Crippen LogP contribution in [0.5, 0.6) is 0 Å². The van der Waals surface area contributed by atoms with Crippen LogP contribution >= 0.6 is 11.3 Å². The molecule has 2 amide bonds. The number of hydrogen-bond acceptors (Lipinski definition) is 6. The van der Waals surface area contributed by atoms with Gasteiger partial charge in [0.25, 0.3) is 0 Å². The van der Waals surface area contributed by atoms with E-state index in [-0.39, 0.29) is 24.8 Å². The van der Waals surface area contributed by atoms with Crippen molar-refractivity contribution >= 4 is 28.1 Å². The SMILES string of the molecule is O=C(NCc1nc(-c2ccccc2)n[nH]1)C1CCCN1C(=O)Cc1cn2ccsc2n1. The third-order valence-electron chi connectivity index (χ3n) is 5.35. The lowest BCUT2D eigenvalue weighted by atomic mass is 10.2. The number of likely N-dealkylation sites (tertiary alicyclic amines) is 1. The summed E-state index contributed by atoms with van der Waals surface area (Å²) >= 11 is 1.53. The molecule has 5 rings (SSSR count). The summed E-state index contributed by atoms with van der Waals surface area (Å²) in [6.07, 6.45) is 5.44. The summed E-state index contributed by atoms with van der Waals surface area (Å²) in [7, 11) is 0. The van der Waals surface area contributed by atoms with Crippen LogP contribution in [-0.2, 0) is 22.6 Å². The standard InChI is InChI=1S/C21H21N7O2S/c29-18(11-15-13-27-9-10-31-21(27)23-15)28-8-4-7-16(28)20(30)22-12-17-24-19(26-25-17)14-5-2-1-3-6-14/h1-3,5-6,9-10,13,16H,4,7-8,11-12H2,(H,22,30)(H,24,25,26). The molecule has 0 aliphatic carbocycles. The third kappa shape index (κ3) is 4.06. The maximum atomic E-state index is 12.8. The smallest absolute Gasteiger partial charge is 0.243 e. The van der Waals surface area contributed by atoms with Gasteiger partial charge in [-0.1, -0.05) is 30.3 Å². The fourth-order valence-corrected chi connectivity index (χ4v) is 4.55.